The van der Waals surface area contributed by atoms with E-state index in [0.717, 1.165) is 37.7 Å². The number of carbonyl (C=O) groups excluding carboxylic acids is 2. The van der Waals surface area contributed by atoms with Gasteiger partial charge in [0.05, 0.1) is 6.61 Å². The molecule has 3 nitrogen and oxygen atoms in total. The fourth-order valence-electron chi connectivity index (χ4n) is 3.25. The minimum atomic E-state index is -0.594. The van der Waals surface area contributed by atoms with E-state index >= 15 is 0 Å². The highest BCUT2D eigenvalue weighted by Gasteiger charge is 2.33. The molecule has 0 amide bonds. The molecule has 1 aromatic carbocycles. The summed E-state index contributed by atoms with van der Waals surface area (Å²) in [5.74, 6) is -0.773. The van der Waals surface area contributed by atoms with E-state index in [2.05, 4.69) is 0 Å². The van der Waals surface area contributed by atoms with E-state index in [1.807, 2.05) is 30.3 Å². The number of ketones is 1. The predicted octanol–water partition coefficient (Wildman–Crippen LogP) is 3.95. The second kappa shape index (κ2) is 8.72. The Bertz CT molecular complexity index is 475. The van der Waals surface area contributed by atoms with Crippen molar-refractivity contribution in [2.24, 2.45) is 11.8 Å². The van der Waals surface area contributed by atoms with E-state index < -0.39 is 5.92 Å². The smallest absolute Gasteiger partial charge is 0.316 e. The molecule has 120 valence electrons. The highest BCUT2D eigenvalue weighted by atomic mass is 16.5. The van der Waals surface area contributed by atoms with Gasteiger partial charge < -0.3 is 4.74 Å². The molecule has 1 atom stereocenters. The first-order valence-electron chi connectivity index (χ1n) is 8.46. The van der Waals surface area contributed by atoms with E-state index in [-0.39, 0.29) is 17.7 Å². The molecule has 1 saturated carbocycles. The van der Waals surface area contributed by atoms with Crippen molar-refractivity contribution in [3.63, 3.8) is 0 Å². The molecule has 1 aliphatic rings. The SMILES string of the molecule is CCOC(=O)C(CCc1ccccc1)C(=O)C1CCCCC1. The Labute approximate surface area is 133 Å². The number of ether oxygens (including phenoxy) is 1. The second-order valence-corrected chi connectivity index (χ2v) is 6.07. The summed E-state index contributed by atoms with van der Waals surface area (Å²) in [6, 6.07) is 10.0. The maximum absolute atomic E-state index is 12.7. The van der Waals surface area contributed by atoms with Crippen LogP contribution in [0.1, 0.15) is 51.0 Å². The predicted molar refractivity (Wildman–Crippen MR) is 86.5 cm³/mol. The van der Waals surface area contributed by atoms with Gasteiger partial charge in [-0.15, -0.1) is 0 Å². The molecule has 22 heavy (non-hydrogen) atoms. The fraction of sp³-hybridized carbons (Fsp3) is 0.579. The van der Waals surface area contributed by atoms with Gasteiger partial charge >= 0.3 is 5.97 Å². The quantitative estimate of drug-likeness (QED) is 0.566. The molecule has 0 aromatic heterocycles. The van der Waals surface area contributed by atoms with Crippen LogP contribution in [0.15, 0.2) is 30.3 Å². The molecule has 0 aliphatic heterocycles. The Hall–Kier alpha value is -1.64. The van der Waals surface area contributed by atoms with Gasteiger partial charge in [0, 0.05) is 5.92 Å². The van der Waals surface area contributed by atoms with Gasteiger partial charge in [-0.3, -0.25) is 9.59 Å². The number of Topliss-reactive ketones (excluding diaryl/α,β-unsaturated/α-hetero) is 1. The van der Waals surface area contributed by atoms with Crippen LogP contribution in [0.25, 0.3) is 0 Å². The molecule has 1 aromatic rings. The number of rotatable bonds is 7. The average Bonchev–Trinajstić information content (AvgIpc) is 2.57. The summed E-state index contributed by atoms with van der Waals surface area (Å²) in [6.07, 6.45) is 6.56. The molecule has 0 saturated heterocycles. The van der Waals surface area contributed by atoms with Crippen LogP contribution in [0, 0.1) is 11.8 Å². The second-order valence-electron chi connectivity index (χ2n) is 6.07. The van der Waals surface area contributed by atoms with Crippen molar-refractivity contribution in [1.29, 1.82) is 0 Å². The topological polar surface area (TPSA) is 43.4 Å². The van der Waals surface area contributed by atoms with Gasteiger partial charge in [-0.25, -0.2) is 0 Å². The Morgan fingerprint density at radius 2 is 1.82 bits per heavy atom. The van der Waals surface area contributed by atoms with E-state index in [1.165, 1.54) is 6.42 Å². The van der Waals surface area contributed by atoms with Crippen molar-refractivity contribution in [2.45, 2.75) is 51.9 Å². The van der Waals surface area contributed by atoms with E-state index in [1.54, 1.807) is 6.92 Å². The van der Waals surface area contributed by atoms with Crippen molar-refractivity contribution < 1.29 is 14.3 Å². The number of aryl methyl sites for hydroxylation is 1. The third kappa shape index (κ3) is 4.69. The summed E-state index contributed by atoms with van der Waals surface area (Å²) in [4.78, 5) is 24.9. The number of carbonyl (C=O) groups is 2. The first-order valence-corrected chi connectivity index (χ1v) is 8.46. The molecular formula is C19H26O3. The molecular weight excluding hydrogens is 276 g/mol. The van der Waals surface area contributed by atoms with Gasteiger partial charge in [-0.05, 0) is 38.2 Å². The summed E-state index contributed by atoms with van der Waals surface area (Å²) >= 11 is 0. The number of esters is 1. The van der Waals surface area contributed by atoms with E-state index in [4.69, 9.17) is 4.74 Å². The molecule has 0 N–H and O–H groups in total. The van der Waals surface area contributed by atoms with Crippen molar-refractivity contribution in [3.8, 4) is 0 Å². The van der Waals surface area contributed by atoms with Crippen molar-refractivity contribution in [3.05, 3.63) is 35.9 Å². The summed E-state index contributed by atoms with van der Waals surface area (Å²) < 4.78 is 5.14. The lowest BCUT2D eigenvalue weighted by molar-refractivity contribution is -0.153. The Kier molecular flexibility index (Phi) is 6.63. The van der Waals surface area contributed by atoms with Crippen LogP contribution >= 0.6 is 0 Å². The van der Waals surface area contributed by atoms with E-state index in [0.29, 0.717) is 13.0 Å². The van der Waals surface area contributed by atoms with Crippen molar-refractivity contribution in [1.82, 2.24) is 0 Å². The average molecular weight is 302 g/mol. The fourth-order valence-corrected chi connectivity index (χ4v) is 3.25. The van der Waals surface area contributed by atoms with Crippen LogP contribution in [0.3, 0.4) is 0 Å². The number of hydrogen-bond acceptors (Lipinski definition) is 3. The lowest BCUT2D eigenvalue weighted by Crippen LogP contribution is -2.32. The standard InChI is InChI=1S/C19H26O3/c1-2-22-19(21)17(14-13-15-9-5-3-6-10-15)18(20)16-11-7-4-8-12-16/h3,5-6,9-10,16-17H,2,4,7-8,11-14H2,1H3. The van der Waals surface area contributed by atoms with Crippen LogP contribution in [-0.4, -0.2) is 18.4 Å². The highest BCUT2D eigenvalue weighted by Crippen LogP contribution is 2.28. The summed E-state index contributed by atoms with van der Waals surface area (Å²) in [5.41, 5.74) is 1.16. The molecule has 1 aliphatic carbocycles. The molecule has 0 heterocycles. The zero-order valence-corrected chi connectivity index (χ0v) is 13.4. The monoisotopic (exact) mass is 302 g/mol. The van der Waals surface area contributed by atoms with Gasteiger partial charge in [-0.2, -0.15) is 0 Å². The largest absolute Gasteiger partial charge is 0.465 e. The maximum atomic E-state index is 12.7. The minimum absolute atomic E-state index is 0.0546. The third-order valence-electron chi connectivity index (χ3n) is 4.49. The number of hydrogen-bond donors (Lipinski definition) is 0. The molecule has 0 bridgehead atoms. The van der Waals surface area contributed by atoms with Crippen LogP contribution in [0.5, 0.6) is 0 Å². The zero-order valence-electron chi connectivity index (χ0n) is 13.4. The number of benzene rings is 1. The summed E-state index contributed by atoms with van der Waals surface area (Å²) in [5, 5.41) is 0. The Morgan fingerprint density at radius 1 is 1.14 bits per heavy atom. The van der Waals surface area contributed by atoms with Gasteiger partial charge in [0.2, 0.25) is 0 Å². The van der Waals surface area contributed by atoms with Gasteiger partial charge in [0.25, 0.3) is 0 Å². The molecule has 0 radical (unpaired) electrons. The first kappa shape index (κ1) is 16.7. The lowest BCUT2D eigenvalue weighted by atomic mass is 9.80. The minimum Gasteiger partial charge on any atom is -0.465 e. The molecule has 3 heteroatoms. The van der Waals surface area contributed by atoms with Gasteiger partial charge in [0.15, 0.2) is 0 Å². The van der Waals surface area contributed by atoms with Crippen LogP contribution in [0.4, 0.5) is 0 Å². The Morgan fingerprint density at radius 3 is 2.45 bits per heavy atom. The molecule has 2 rings (SSSR count). The molecule has 1 unspecified atom stereocenters. The van der Waals surface area contributed by atoms with E-state index in [9.17, 15) is 9.59 Å². The van der Waals surface area contributed by atoms with Crippen LogP contribution in [-0.2, 0) is 20.7 Å². The molecule has 1 fully saturated rings. The highest BCUT2D eigenvalue weighted by molar-refractivity contribution is 6.00. The summed E-state index contributed by atoms with van der Waals surface area (Å²) in [6.45, 7) is 2.12. The lowest BCUT2D eigenvalue weighted by Gasteiger charge is -2.24. The Balaban J connectivity index is 2.01. The van der Waals surface area contributed by atoms with Gasteiger partial charge in [-0.1, -0.05) is 49.6 Å². The normalized spacial score (nSPS) is 17.0. The van der Waals surface area contributed by atoms with Gasteiger partial charge in [0.1, 0.15) is 11.7 Å². The zero-order chi connectivity index (χ0) is 15.8. The first-order chi connectivity index (χ1) is 10.7. The third-order valence-corrected chi connectivity index (χ3v) is 4.49. The van der Waals surface area contributed by atoms with Crippen LogP contribution < -0.4 is 0 Å². The summed E-state index contributed by atoms with van der Waals surface area (Å²) in [7, 11) is 0. The van der Waals surface area contributed by atoms with Crippen molar-refractivity contribution >= 4 is 11.8 Å². The van der Waals surface area contributed by atoms with Crippen LogP contribution in [0.2, 0.25) is 0 Å². The molecule has 0 spiro atoms. The maximum Gasteiger partial charge on any atom is 0.316 e. The van der Waals surface area contributed by atoms with Crippen molar-refractivity contribution in [2.75, 3.05) is 6.61 Å².